The van der Waals surface area contributed by atoms with Crippen molar-refractivity contribution in [2.75, 3.05) is 10.6 Å². The fraction of sp³-hybridized carbons (Fsp3) is 0. The largest absolute Gasteiger partial charge is 0.322 e. The van der Waals surface area contributed by atoms with Gasteiger partial charge < -0.3 is 10.6 Å². The van der Waals surface area contributed by atoms with E-state index in [1.54, 1.807) is 0 Å². The maximum atomic E-state index is 13.8. The summed E-state index contributed by atoms with van der Waals surface area (Å²) in [5.74, 6) is -26.1. The average Bonchev–Trinajstić information content (AvgIpc) is 2.97. The summed E-state index contributed by atoms with van der Waals surface area (Å²) in [6.07, 6.45) is 0. The highest BCUT2D eigenvalue weighted by Gasteiger charge is 2.31. The molecule has 0 bridgehead atoms. The summed E-state index contributed by atoms with van der Waals surface area (Å²) < 4.78 is 135. The quantitative estimate of drug-likeness (QED) is 0.0927. The van der Waals surface area contributed by atoms with E-state index in [1.165, 1.54) is 70.1 Å². The highest BCUT2D eigenvalue weighted by molar-refractivity contribution is 8.76. The van der Waals surface area contributed by atoms with Crippen LogP contribution in [-0.2, 0) is 0 Å². The van der Waals surface area contributed by atoms with Crippen LogP contribution in [0.2, 0.25) is 0 Å². The molecule has 0 unspecified atom stereocenters. The normalized spacial score (nSPS) is 11.0. The standard InChI is InChI=1S/C26H10F10N2O2S2/c27-15-13(16(28)20(32)23(35)19(15)31)25(39)37-9-1-5-11(6-2-9)41-42-12-7-3-10(4-8-12)38-26(40)14-17(29)21(33)24(36)22(34)18(14)30/h1-8H,(H,37,39)(H,38,40). The van der Waals surface area contributed by atoms with Crippen LogP contribution in [0.5, 0.6) is 0 Å². The molecule has 0 saturated carbocycles. The van der Waals surface area contributed by atoms with E-state index in [4.69, 9.17) is 0 Å². The number of nitrogens with one attached hydrogen (secondary N) is 2. The second-order valence-corrected chi connectivity index (χ2v) is 10.3. The Morgan fingerprint density at radius 3 is 0.905 bits per heavy atom. The van der Waals surface area contributed by atoms with Gasteiger partial charge in [-0.15, -0.1) is 0 Å². The monoisotopic (exact) mass is 636 g/mol. The fourth-order valence-corrected chi connectivity index (χ4v) is 5.21. The van der Waals surface area contributed by atoms with Crippen LogP contribution in [0.4, 0.5) is 55.3 Å². The first-order valence-corrected chi connectivity index (χ1v) is 13.2. The van der Waals surface area contributed by atoms with Gasteiger partial charge in [0.05, 0.1) is 0 Å². The first kappa shape index (κ1) is 30.8. The van der Waals surface area contributed by atoms with E-state index in [9.17, 15) is 53.5 Å². The van der Waals surface area contributed by atoms with Crippen LogP contribution in [0, 0.1) is 58.2 Å². The summed E-state index contributed by atoms with van der Waals surface area (Å²) in [7, 11) is 2.34. The molecule has 0 saturated heterocycles. The van der Waals surface area contributed by atoms with Gasteiger partial charge in [-0.05, 0) is 48.5 Å². The number of anilines is 2. The number of hydrogen-bond acceptors (Lipinski definition) is 4. The third-order valence-corrected chi connectivity index (χ3v) is 7.75. The molecular weight excluding hydrogens is 626 g/mol. The molecule has 0 spiro atoms. The van der Waals surface area contributed by atoms with Crippen molar-refractivity contribution in [2.45, 2.75) is 9.79 Å². The van der Waals surface area contributed by atoms with Crippen molar-refractivity contribution in [3.63, 3.8) is 0 Å². The molecule has 4 nitrogen and oxygen atoms in total. The number of halogens is 10. The Hall–Kier alpha value is -4.18. The van der Waals surface area contributed by atoms with E-state index in [2.05, 4.69) is 0 Å². The Labute approximate surface area is 236 Å². The second kappa shape index (κ2) is 12.4. The Morgan fingerprint density at radius 2 is 0.643 bits per heavy atom. The summed E-state index contributed by atoms with van der Waals surface area (Å²) in [4.78, 5) is 25.5. The molecule has 2 N–H and O–H groups in total. The molecular formula is C26H10F10N2O2S2. The summed E-state index contributed by atoms with van der Waals surface area (Å²) in [6, 6.07) is 11.0. The minimum Gasteiger partial charge on any atom is -0.322 e. The summed E-state index contributed by atoms with van der Waals surface area (Å²) in [6.45, 7) is 0. The number of benzene rings is 4. The molecule has 0 atom stereocenters. The van der Waals surface area contributed by atoms with Gasteiger partial charge in [-0.25, -0.2) is 43.9 Å². The molecule has 4 rings (SSSR count). The predicted molar refractivity (Wildman–Crippen MR) is 133 cm³/mol. The lowest BCUT2D eigenvalue weighted by atomic mass is 10.1. The molecule has 0 aliphatic carbocycles. The number of amides is 2. The van der Waals surface area contributed by atoms with Crippen LogP contribution in [0.25, 0.3) is 0 Å². The Kier molecular flexibility index (Phi) is 9.06. The van der Waals surface area contributed by atoms with Crippen LogP contribution >= 0.6 is 21.6 Å². The smallest absolute Gasteiger partial charge is 0.261 e. The van der Waals surface area contributed by atoms with Crippen LogP contribution in [-0.4, -0.2) is 11.8 Å². The van der Waals surface area contributed by atoms with E-state index in [1.807, 2.05) is 10.6 Å². The lowest BCUT2D eigenvalue weighted by Gasteiger charge is -2.10. The number of carbonyl (C=O) groups excluding carboxylic acids is 2. The molecule has 4 aromatic rings. The zero-order valence-electron chi connectivity index (χ0n) is 20.0. The molecule has 4 aromatic carbocycles. The van der Waals surface area contributed by atoms with Gasteiger partial charge >= 0.3 is 0 Å². The summed E-state index contributed by atoms with van der Waals surface area (Å²) >= 11 is 0. The minimum atomic E-state index is -2.40. The molecule has 0 heterocycles. The van der Waals surface area contributed by atoms with E-state index in [0.717, 1.165) is 0 Å². The molecule has 218 valence electrons. The first-order chi connectivity index (χ1) is 19.8. The summed E-state index contributed by atoms with van der Waals surface area (Å²) in [5.41, 5.74) is -3.33. The van der Waals surface area contributed by atoms with Gasteiger partial charge in [0, 0.05) is 21.2 Å². The average molecular weight is 636 g/mol. The third kappa shape index (κ3) is 6.04. The second-order valence-electron chi connectivity index (χ2n) is 8.01. The van der Waals surface area contributed by atoms with Crippen molar-refractivity contribution in [1.29, 1.82) is 0 Å². The van der Waals surface area contributed by atoms with Gasteiger partial charge in [0.25, 0.3) is 11.8 Å². The molecule has 2 amide bonds. The lowest BCUT2D eigenvalue weighted by Crippen LogP contribution is -2.19. The van der Waals surface area contributed by atoms with E-state index in [0.29, 0.717) is 9.79 Å². The highest BCUT2D eigenvalue weighted by atomic mass is 33.1. The molecule has 0 aliphatic rings. The fourth-order valence-electron chi connectivity index (χ4n) is 3.28. The van der Waals surface area contributed by atoms with Crippen LogP contribution < -0.4 is 10.6 Å². The topological polar surface area (TPSA) is 58.2 Å². The van der Waals surface area contributed by atoms with Gasteiger partial charge in [-0.1, -0.05) is 21.6 Å². The van der Waals surface area contributed by atoms with E-state index in [-0.39, 0.29) is 11.4 Å². The van der Waals surface area contributed by atoms with Crippen molar-refractivity contribution in [2.24, 2.45) is 0 Å². The molecule has 0 fully saturated rings. The van der Waals surface area contributed by atoms with Crippen molar-refractivity contribution in [1.82, 2.24) is 0 Å². The van der Waals surface area contributed by atoms with Crippen molar-refractivity contribution in [3.05, 3.63) is 118 Å². The third-order valence-electron chi connectivity index (χ3n) is 5.33. The molecule has 0 aliphatic heterocycles. The molecule has 0 aromatic heterocycles. The van der Waals surface area contributed by atoms with Gasteiger partial charge in [-0.3, -0.25) is 9.59 Å². The number of hydrogen-bond donors (Lipinski definition) is 2. The predicted octanol–water partition coefficient (Wildman–Crippen LogP) is 8.38. The van der Waals surface area contributed by atoms with E-state index >= 15 is 0 Å². The Morgan fingerprint density at radius 1 is 0.405 bits per heavy atom. The number of carbonyl (C=O) groups is 2. The zero-order chi connectivity index (χ0) is 30.9. The maximum absolute atomic E-state index is 13.8. The zero-order valence-corrected chi connectivity index (χ0v) is 21.7. The summed E-state index contributed by atoms with van der Waals surface area (Å²) in [5, 5.41) is 4.06. The van der Waals surface area contributed by atoms with E-state index < -0.39 is 81.1 Å². The van der Waals surface area contributed by atoms with Crippen LogP contribution in [0.3, 0.4) is 0 Å². The van der Waals surface area contributed by atoms with Crippen molar-refractivity contribution in [3.8, 4) is 0 Å². The number of rotatable bonds is 7. The van der Waals surface area contributed by atoms with Crippen molar-refractivity contribution >= 4 is 44.8 Å². The van der Waals surface area contributed by atoms with Gasteiger partial charge in [-0.2, -0.15) is 0 Å². The van der Waals surface area contributed by atoms with Crippen LogP contribution in [0.15, 0.2) is 58.3 Å². The Bertz CT molecular complexity index is 1530. The van der Waals surface area contributed by atoms with Crippen LogP contribution in [0.1, 0.15) is 20.7 Å². The first-order valence-electron chi connectivity index (χ1n) is 11.0. The maximum Gasteiger partial charge on any atom is 0.261 e. The molecule has 42 heavy (non-hydrogen) atoms. The highest BCUT2D eigenvalue weighted by Crippen LogP contribution is 2.38. The Balaban J connectivity index is 1.37. The lowest BCUT2D eigenvalue weighted by molar-refractivity contribution is 0.100. The molecule has 0 radical (unpaired) electrons. The SMILES string of the molecule is O=C(Nc1ccc(SSc2ccc(NC(=O)c3c(F)c(F)c(F)c(F)c3F)cc2)cc1)c1c(F)c(F)c(F)c(F)c1F. The van der Waals surface area contributed by atoms with Gasteiger partial charge in [0.1, 0.15) is 11.1 Å². The minimum absolute atomic E-state index is 0.0211. The molecule has 16 heteroatoms. The van der Waals surface area contributed by atoms with Gasteiger partial charge in [0.2, 0.25) is 11.6 Å². The van der Waals surface area contributed by atoms with Gasteiger partial charge in [0.15, 0.2) is 46.5 Å². The van der Waals surface area contributed by atoms with Crippen molar-refractivity contribution < 1.29 is 53.5 Å².